The Hall–Kier alpha value is -6.92. The fourth-order valence-electron chi connectivity index (χ4n) is 7.11. The first kappa shape index (κ1) is 58.6. The standard InChI is InChI=1S/C42H53Br2N9O20/c43-22-27(54)45-24-26(25-46-28(55)23-44)42(69)49(16-9-29(56)47(18-11-38(65)70-50-15-1-2-31(50)58)19-12-39(66)71-51-32(59)3-4-33(51)60)17-10-30(57)48(20-13-40(67)72-52-34(61)5-6-35(52)62)21-14-41(68)73-53-36(63)7-8-37(53)64/h26H,1-25H2,(H,45,54)(H,46,55). The van der Waals surface area contributed by atoms with E-state index in [2.05, 4.69) is 42.5 Å². The second-order valence-corrected chi connectivity index (χ2v) is 17.5. The van der Waals surface area contributed by atoms with Gasteiger partial charge in [0, 0.05) is 110 Å². The normalized spacial score (nSPS) is 15.5. The summed E-state index contributed by atoms with van der Waals surface area (Å²) in [6, 6.07) is 0. The minimum absolute atomic E-state index is 0.142. The number of hydrogen-bond donors (Lipinski definition) is 2. The Kier molecular flexibility index (Phi) is 23.3. The Morgan fingerprint density at radius 2 is 0.753 bits per heavy atom. The zero-order valence-electron chi connectivity index (χ0n) is 39.3. The summed E-state index contributed by atoms with van der Waals surface area (Å²) >= 11 is 6.01. The lowest BCUT2D eigenvalue weighted by Crippen LogP contribution is -2.48. The second-order valence-electron chi connectivity index (χ2n) is 16.4. The summed E-state index contributed by atoms with van der Waals surface area (Å²) in [5.74, 6) is -14.1. The molecule has 2 N–H and O–H groups in total. The minimum Gasteiger partial charge on any atom is -0.355 e. The molecule has 0 radical (unpaired) electrons. The highest BCUT2D eigenvalue weighted by atomic mass is 79.9. The number of nitrogens with zero attached hydrogens (tertiary/aromatic N) is 7. The van der Waals surface area contributed by atoms with E-state index in [9.17, 15) is 76.7 Å². The topological polar surface area (TPSA) is 357 Å². The summed E-state index contributed by atoms with van der Waals surface area (Å²) in [5, 5.41) is 6.45. The van der Waals surface area contributed by atoms with E-state index >= 15 is 0 Å². The Morgan fingerprint density at radius 1 is 0.438 bits per heavy atom. The van der Waals surface area contributed by atoms with Crippen LogP contribution in [-0.4, -0.2) is 199 Å². The van der Waals surface area contributed by atoms with Crippen LogP contribution in [0.25, 0.3) is 0 Å². The van der Waals surface area contributed by atoms with Gasteiger partial charge >= 0.3 is 23.9 Å². The van der Waals surface area contributed by atoms with Gasteiger partial charge in [-0.15, -0.1) is 15.2 Å². The molecule has 0 aromatic heterocycles. The van der Waals surface area contributed by atoms with Crippen molar-refractivity contribution in [2.24, 2.45) is 5.92 Å². The second kappa shape index (κ2) is 28.9. The molecule has 400 valence electrons. The van der Waals surface area contributed by atoms with Gasteiger partial charge in [-0.05, 0) is 6.42 Å². The van der Waals surface area contributed by atoms with Crippen molar-refractivity contribution in [3.8, 4) is 0 Å². The largest absolute Gasteiger partial charge is 0.355 e. The van der Waals surface area contributed by atoms with Crippen LogP contribution >= 0.6 is 31.9 Å². The van der Waals surface area contributed by atoms with Crippen LogP contribution in [-0.2, 0) is 96.1 Å². The summed E-state index contributed by atoms with van der Waals surface area (Å²) in [7, 11) is 0. The van der Waals surface area contributed by atoms with Crippen molar-refractivity contribution in [2.75, 3.05) is 69.6 Å². The molecule has 0 aromatic carbocycles. The average Bonchev–Trinajstić information content (AvgIpc) is 4.10. The van der Waals surface area contributed by atoms with Crippen LogP contribution in [0.1, 0.15) is 89.9 Å². The number of rotatable bonds is 29. The summed E-state index contributed by atoms with van der Waals surface area (Å²) in [6.07, 6.45) is -4.19. The van der Waals surface area contributed by atoms with Crippen LogP contribution in [0.15, 0.2) is 0 Å². The smallest absolute Gasteiger partial charge is 0.334 e. The van der Waals surface area contributed by atoms with Gasteiger partial charge in [0.1, 0.15) is 0 Å². The number of imide groups is 3. The van der Waals surface area contributed by atoms with E-state index in [-0.39, 0.29) is 85.4 Å². The van der Waals surface area contributed by atoms with E-state index in [4.69, 9.17) is 19.4 Å². The van der Waals surface area contributed by atoms with Crippen molar-refractivity contribution in [1.82, 2.24) is 45.6 Å². The van der Waals surface area contributed by atoms with Crippen molar-refractivity contribution < 1.29 is 96.1 Å². The fourth-order valence-corrected chi connectivity index (χ4v) is 7.51. The minimum atomic E-state index is -1.23. The first-order chi connectivity index (χ1) is 34.7. The number of carbonyl (C=O) groups is 16. The first-order valence-corrected chi connectivity index (χ1v) is 25.2. The Labute approximate surface area is 432 Å². The third kappa shape index (κ3) is 18.6. The molecule has 4 saturated heterocycles. The summed E-state index contributed by atoms with van der Waals surface area (Å²) in [4.78, 5) is 225. The van der Waals surface area contributed by atoms with Crippen molar-refractivity contribution in [3.63, 3.8) is 0 Å². The summed E-state index contributed by atoms with van der Waals surface area (Å²) in [5.41, 5.74) is 0. The highest BCUT2D eigenvalue weighted by Gasteiger charge is 2.36. The molecule has 0 unspecified atom stereocenters. The molecule has 0 bridgehead atoms. The number of carbonyl (C=O) groups excluding carboxylic acids is 16. The van der Waals surface area contributed by atoms with Gasteiger partial charge in [-0.1, -0.05) is 31.9 Å². The van der Waals surface area contributed by atoms with Gasteiger partial charge < -0.3 is 44.7 Å². The molecule has 0 atom stereocenters. The molecule has 4 heterocycles. The molecule has 0 saturated carbocycles. The number of hydrogen-bond acceptors (Lipinski definition) is 20. The van der Waals surface area contributed by atoms with Gasteiger partial charge in [0.15, 0.2) is 0 Å². The lowest BCUT2D eigenvalue weighted by atomic mass is 10.1. The molecule has 4 rings (SSSR count). The lowest BCUT2D eigenvalue weighted by molar-refractivity contribution is -0.198. The molecule has 4 aliphatic rings. The maximum absolute atomic E-state index is 14.4. The van der Waals surface area contributed by atoms with E-state index in [1.165, 1.54) is 0 Å². The van der Waals surface area contributed by atoms with Crippen LogP contribution in [0.5, 0.6) is 0 Å². The van der Waals surface area contributed by atoms with Crippen LogP contribution < -0.4 is 10.6 Å². The number of alkyl halides is 2. The van der Waals surface area contributed by atoms with E-state index in [0.29, 0.717) is 11.5 Å². The summed E-state index contributed by atoms with van der Waals surface area (Å²) < 4.78 is 0. The van der Waals surface area contributed by atoms with E-state index in [0.717, 1.165) is 19.8 Å². The molecule has 31 heteroatoms. The van der Waals surface area contributed by atoms with Gasteiger partial charge in [0.05, 0.1) is 48.8 Å². The molecule has 0 spiro atoms. The maximum atomic E-state index is 14.4. The number of halogens is 2. The molecule has 0 aromatic rings. The van der Waals surface area contributed by atoms with E-state index < -0.39 is 178 Å². The predicted molar refractivity (Wildman–Crippen MR) is 243 cm³/mol. The maximum Gasteiger partial charge on any atom is 0.334 e. The zero-order valence-corrected chi connectivity index (χ0v) is 42.5. The van der Waals surface area contributed by atoms with Crippen molar-refractivity contribution in [2.45, 2.75) is 89.9 Å². The molecule has 12 amide bonds. The van der Waals surface area contributed by atoms with Crippen LogP contribution in [0, 0.1) is 5.92 Å². The van der Waals surface area contributed by atoms with E-state index in [1.54, 1.807) is 0 Å². The first-order valence-electron chi connectivity index (χ1n) is 22.9. The third-order valence-corrected chi connectivity index (χ3v) is 12.1. The number of hydroxylamine groups is 8. The number of nitrogens with one attached hydrogen (secondary N) is 2. The quantitative estimate of drug-likeness (QED) is 0.0571. The molecule has 0 aliphatic carbocycles. The molecular formula is C42H53Br2N9O20. The van der Waals surface area contributed by atoms with Gasteiger partial charge in [0.2, 0.25) is 29.5 Å². The lowest BCUT2D eigenvalue weighted by Gasteiger charge is -2.30. The Bertz CT molecular complexity index is 2110. The Balaban J connectivity index is 1.56. The average molecular weight is 1160 g/mol. The third-order valence-electron chi connectivity index (χ3n) is 11.1. The monoisotopic (exact) mass is 1160 g/mol. The van der Waals surface area contributed by atoms with Crippen molar-refractivity contribution in [1.29, 1.82) is 0 Å². The van der Waals surface area contributed by atoms with Crippen LogP contribution in [0.4, 0.5) is 0 Å². The molecule has 4 aliphatic heterocycles. The van der Waals surface area contributed by atoms with Gasteiger partial charge in [-0.25, -0.2) is 19.2 Å². The molecule has 73 heavy (non-hydrogen) atoms. The van der Waals surface area contributed by atoms with Crippen LogP contribution in [0.2, 0.25) is 0 Å². The highest BCUT2D eigenvalue weighted by molar-refractivity contribution is 9.09. The predicted octanol–water partition coefficient (Wildman–Crippen LogP) is -2.65. The van der Waals surface area contributed by atoms with Crippen molar-refractivity contribution in [3.05, 3.63) is 0 Å². The van der Waals surface area contributed by atoms with Gasteiger partial charge in [-0.3, -0.25) is 57.5 Å². The highest BCUT2D eigenvalue weighted by Crippen LogP contribution is 2.17. The molecular weight excluding hydrogens is 1110 g/mol. The van der Waals surface area contributed by atoms with Crippen molar-refractivity contribution >= 4 is 127 Å². The fraction of sp³-hybridized carbons (Fsp3) is 0.619. The zero-order chi connectivity index (χ0) is 53.8. The van der Waals surface area contributed by atoms with Gasteiger partial charge in [0.25, 0.3) is 41.4 Å². The van der Waals surface area contributed by atoms with Crippen LogP contribution in [0.3, 0.4) is 0 Å². The Morgan fingerprint density at radius 3 is 1.05 bits per heavy atom. The van der Waals surface area contributed by atoms with Gasteiger partial charge in [-0.2, -0.15) is 5.06 Å². The molecule has 4 fully saturated rings. The molecule has 29 nitrogen and oxygen atoms in total. The summed E-state index contributed by atoms with van der Waals surface area (Å²) in [6.45, 7) is -3.50. The number of amides is 12. The SMILES string of the molecule is O=C(CBr)NCC(CNC(=O)CBr)C(=O)N(CCC(=O)N(CCC(=O)ON1CCCC1=O)CCC(=O)ON1C(=O)CCC1=O)CCC(=O)N(CCC(=O)ON1C(=O)CCC1=O)CCC(=O)ON1C(=O)CCC1=O. The van der Waals surface area contributed by atoms with E-state index in [1.807, 2.05) is 0 Å².